The fourth-order valence-corrected chi connectivity index (χ4v) is 4.56. The maximum Gasteiger partial charge on any atom is 1.00 e. The maximum absolute atomic E-state index is 12.1. The Bertz CT molecular complexity index is 581. The van der Waals surface area contributed by atoms with Gasteiger partial charge in [0, 0.05) is 25.8 Å². The van der Waals surface area contributed by atoms with E-state index < -0.39 is 10.1 Å². The van der Waals surface area contributed by atoms with Crippen LogP contribution in [-0.4, -0.2) is 43.1 Å². The minimum atomic E-state index is -4.14. The van der Waals surface area contributed by atoms with Crippen molar-refractivity contribution in [3.8, 4) is 0 Å². The van der Waals surface area contributed by atoms with Crippen LogP contribution in [0, 0.1) is 0 Å². The Kier molecular flexibility index (Phi) is 29.1. The number of carbonyl (C=O) groups is 1. The molecule has 0 aliphatic heterocycles. The molecule has 0 atom stereocenters. The van der Waals surface area contributed by atoms with Crippen LogP contribution in [0.2, 0.25) is 0 Å². The van der Waals surface area contributed by atoms with Crippen molar-refractivity contribution < 1.29 is 69.1 Å². The molecule has 196 valence electrons. The molecule has 0 saturated heterocycles. The molecule has 0 radical (unpaired) electrons. The minimum absolute atomic E-state index is 0. The van der Waals surface area contributed by atoms with E-state index in [0.717, 1.165) is 12.8 Å². The number of rotatable bonds is 24. The van der Waals surface area contributed by atoms with E-state index in [9.17, 15) is 17.8 Å². The number of carbonyl (C=O) groups excluding carboxylic acids is 1. The third-order valence-corrected chi connectivity index (χ3v) is 7.00. The van der Waals surface area contributed by atoms with Gasteiger partial charge in [0.25, 0.3) is 0 Å². The molecule has 0 aromatic rings. The van der Waals surface area contributed by atoms with E-state index in [0.29, 0.717) is 25.8 Å². The van der Waals surface area contributed by atoms with Gasteiger partial charge in [-0.05, 0) is 44.9 Å². The zero-order valence-electron chi connectivity index (χ0n) is 22.7. The molecule has 0 saturated carbocycles. The molecule has 1 amide bonds. The largest absolute Gasteiger partial charge is 1.00 e. The Hall–Kier alpha value is 0.756. The van der Waals surface area contributed by atoms with Gasteiger partial charge >= 0.3 is 51.4 Å². The second-order valence-corrected chi connectivity index (χ2v) is 11.1. The van der Waals surface area contributed by atoms with Gasteiger partial charge in [-0.2, -0.15) is 0 Å². The minimum Gasteiger partial charge on any atom is -0.748 e. The van der Waals surface area contributed by atoms with E-state index in [2.05, 4.69) is 19.1 Å². The van der Waals surface area contributed by atoms with Gasteiger partial charge in [-0.15, -0.1) is 0 Å². The fraction of sp³-hybridized carbons (Fsp3) is 0.889. The molecular formula is C27H52KNO4S. The number of allylic oxidation sites excluding steroid dienone is 2. The van der Waals surface area contributed by atoms with Gasteiger partial charge in [-0.3, -0.25) is 4.79 Å². The van der Waals surface area contributed by atoms with Crippen LogP contribution < -0.4 is 51.4 Å². The van der Waals surface area contributed by atoms with Crippen LogP contribution in [0.5, 0.6) is 0 Å². The summed E-state index contributed by atoms with van der Waals surface area (Å²) in [7, 11) is -2.39. The molecule has 0 bridgehead atoms. The summed E-state index contributed by atoms with van der Waals surface area (Å²) in [4.78, 5) is 13.7. The first-order valence-corrected chi connectivity index (χ1v) is 15.3. The number of amides is 1. The molecule has 0 aromatic carbocycles. The van der Waals surface area contributed by atoms with Gasteiger partial charge in [0.1, 0.15) is 0 Å². The van der Waals surface area contributed by atoms with Gasteiger partial charge in [0.2, 0.25) is 5.91 Å². The zero-order valence-corrected chi connectivity index (χ0v) is 26.6. The molecule has 0 aliphatic carbocycles. The third-order valence-electron chi connectivity index (χ3n) is 6.22. The van der Waals surface area contributed by atoms with Crippen molar-refractivity contribution in [3.05, 3.63) is 12.2 Å². The van der Waals surface area contributed by atoms with Gasteiger partial charge < -0.3 is 9.45 Å². The van der Waals surface area contributed by atoms with Crippen molar-refractivity contribution >= 4 is 16.0 Å². The predicted molar refractivity (Wildman–Crippen MR) is 139 cm³/mol. The number of nitrogens with zero attached hydrogens (tertiary/aromatic N) is 1. The molecule has 0 rings (SSSR count). The summed E-state index contributed by atoms with van der Waals surface area (Å²) in [6.07, 6.45) is 28.0. The van der Waals surface area contributed by atoms with Crippen LogP contribution in [0.3, 0.4) is 0 Å². The Morgan fingerprint density at radius 2 is 1.15 bits per heavy atom. The smallest absolute Gasteiger partial charge is 0.748 e. The second-order valence-electron chi connectivity index (χ2n) is 9.53. The molecule has 0 N–H and O–H groups in total. The zero-order chi connectivity index (χ0) is 24.6. The van der Waals surface area contributed by atoms with Crippen molar-refractivity contribution in [2.45, 2.75) is 135 Å². The predicted octanol–water partition coefficient (Wildman–Crippen LogP) is 4.37. The maximum atomic E-state index is 12.1. The first kappa shape index (κ1) is 36.9. The Labute approximate surface area is 254 Å². The van der Waals surface area contributed by atoms with Crippen molar-refractivity contribution in [2.75, 3.05) is 19.3 Å². The van der Waals surface area contributed by atoms with E-state index in [-0.39, 0.29) is 63.0 Å². The van der Waals surface area contributed by atoms with E-state index in [1.807, 2.05) is 0 Å². The van der Waals surface area contributed by atoms with Crippen LogP contribution in [0.25, 0.3) is 0 Å². The van der Waals surface area contributed by atoms with E-state index in [4.69, 9.17) is 0 Å². The summed E-state index contributed by atoms with van der Waals surface area (Å²) < 4.78 is 31.7. The molecule has 7 heteroatoms. The topological polar surface area (TPSA) is 77.5 Å². The number of hydrogen-bond donors (Lipinski definition) is 0. The quantitative estimate of drug-likeness (QED) is 0.0811. The van der Waals surface area contributed by atoms with Gasteiger partial charge in [-0.25, -0.2) is 8.42 Å². The van der Waals surface area contributed by atoms with E-state index in [1.54, 1.807) is 11.9 Å². The number of hydrogen-bond acceptors (Lipinski definition) is 4. The molecule has 5 nitrogen and oxygen atoms in total. The molecule has 0 unspecified atom stereocenters. The average molecular weight is 526 g/mol. The van der Waals surface area contributed by atoms with Crippen LogP contribution in [0.15, 0.2) is 12.2 Å². The molecule has 0 fully saturated rings. The van der Waals surface area contributed by atoms with Crippen LogP contribution >= 0.6 is 0 Å². The summed E-state index contributed by atoms with van der Waals surface area (Å²) in [5.74, 6) is -0.233. The monoisotopic (exact) mass is 525 g/mol. The fourth-order valence-electron chi connectivity index (χ4n) is 4.00. The molecule has 0 spiro atoms. The van der Waals surface area contributed by atoms with E-state index >= 15 is 0 Å². The average Bonchev–Trinajstić information content (AvgIpc) is 2.77. The molecule has 34 heavy (non-hydrogen) atoms. The van der Waals surface area contributed by atoms with Crippen LogP contribution in [-0.2, 0) is 14.9 Å². The molecule has 0 heterocycles. The van der Waals surface area contributed by atoms with Crippen molar-refractivity contribution in [3.63, 3.8) is 0 Å². The van der Waals surface area contributed by atoms with Gasteiger partial charge in [0.15, 0.2) is 0 Å². The Morgan fingerprint density at radius 1 is 0.706 bits per heavy atom. The Morgan fingerprint density at radius 3 is 1.62 bits per heavy atom. The van der Waals surface area contributed by atoms with Crippen molar-refractivity contribution in [1.82, 2.24) is 4.90 Å². The summed E-state index contributed by atoms with van der Waals surface area (Å²) in [5, 5.41) is 0. The van der Waals surface area contributed by atoms with Crippen LogP contribution in [0.1, 0.15) is 135 Å². The first-order valence-electron chi connectivity index (χ1n) is 13.7. The summed E-state index contributed by atoms with van der Waals surface area (Å²) in [6, 6.07) is 0. The van der Waals surface area contributed by atoms with Crippen molar-refractivity contribution in [1.29, 1.82) is 0 Å². The molecule has 0 aliphatic rings. The van der Waals surface area contributed by atoms with Crippen molar-refractivity contribution in [2.24, 2.45) is 0 Å². The summed E-state index contributed by atoms with van der Waals surface area (Å²) in [6.45, 7) is 2.79. The normalized spacial score (nSPS) is 11.6. The SMILES string of the molecule is CCCCCCCCCC/C=C/CCCCCCCCCC(=O)N(C)CCCCS(=O)(=O)[O-].[K+]. The standard InChI is InChI=1S/C27H53NO4S.K/c1-3-4-5-6-7-8-9-10-11-12-13-14-15-16-17-18-19-20-21-24-27(29)28(2)25-22-23-26-33(30,31)32;/h12-13H,3-11,14-26H2,1-2H3,(H,30,31,32);/q;+1/p-1/b13-12+;. The van der Waals surface area contributed by atoms with E-state index in [1.165, 1.54) is 96.3 Å². The van der Waals surface area contributed by atoms with Gasteiger partial charge in [0.05, 0.1) is 10.1 Å². The number of unbranched alkanes of at least 4 members (excludes halogenated alkanes) is 16. The van der Waals surface area contributed by atoms with Crippen LogP contribution in [0.4, 0.5) is 0 Å². The first-order chi connectivity index (χ1) is 15.9. The Balaban J connectivity index is 0. The van der Waals surface area contributed by atoms with Gasteiger partial charge in [-0.1, -0.05) is 96.1 Å². The summed E-state index contributed by atoms with van der Waals surface area (Å²) in [5.41, 5.74) is 0. The second kappa shape index (κ2) is 26.8. The molecular weight excluding hydrogens is 473 g/mol. The summed E-state index contributed by atoms with van der Waals surface area (Å²) >= 11 is 0. The molecule has 0 aromatic heterocycles. The third kappa shape index (κ3) is 29.0.